The molecule has 0 aliphatic rings. The molecule has 0 unspecified atom stereocenters. The van der Waals surface area contributed by atoms with Crippen LogP contribution in [0, 0.1) is 4.77 Å². The molecule has 140 valence electrons. The highest BCUT2D eigenvalue weighted by Gasteiger charge is 2.15. The third-order valence-corrected chi connectivity index (χ3v) is 4.67. The molecule has 4 aromatic rings. The van der Waals surface area contributed by atoms with Crippen LogP contribution in [0.4, 0.5) is 0 Å². The van der Waals surface area contributed by atoms with Crippen LogP contribution < -0.4 is 10.9 Å². The van der Waals surface area contributed by atoms with E-state index in [0.29, 0.717) is 10.5 Å². The molecule has 0 radical (unpaired) electrons. The van der Waals surface area contributed by atoms with Crippen molar-refractivity contribution in [3.8, 4) is 5.69 Å². The number of nitrogens with zero attached hydrogens (tertiary/aromatic N) is 1. The summed E-state index contributed by atoms with van der Waals surface area (Å²) in [5.41, 5.74) is 7.77. The number of amides is 2. The zero-order valence-corrected chi connectivity index (χ0v) is 15.5. The molecule has 8 heteroatoms. The van der Waals surface area contributed by atoms with Crippen molar-refractivity contribution in [3.63, 3.8) is 0 Å². The van der Waals surface area contributed by atoms with Gasteiger partial charge in [-0.25, -0.2) is 0 Å². The van der Waals surface area contributed by atoms with E-state index >= 15 is 0 Å². The van der Waals surface area contributed by atoms with E-state index in [0.717, 1.165) is 22.2 Å². The van der Waals surface area contributed by atoms with Gasteiger partial charge in [-0.2, -0.15) is 0 Å². The van der Waals surface area contributed by atoms with E-state index in [1.54, 1.807) is 10.8 Å². The number of carbonyl (C=O) groups excluding carboxylic acids is 2. The van der Waals surface area contributed by atoms with E-state index in [-0.39, 0.29) is 12.3 Å². The first-order valence-electron chi connectivity index (χ1n) is 8.63. The first kappa shape index (κ1) is 17.7. The van der Waals surface area contributed by atoms with Gasteiger partial charge in [0.05, 0.1) is 6.42 Å². The Balaban J connectivity index is 1.45. The first-order valence-corrected chi connectivity index (χ1v) is 9.04. The van der Waals surface area contributed by atoms with E-state index in [2.05, 4.69) is 20.8 Å². The highest BCUT2D eigenvalue weighted by molar-refractivity contribution is 7.71. The Morgan fingerprint density at radius 1 is 0.929 bits per heavy atom. The standard InChI is InChI=1S/C20H17N5O2S/c26-18(10-13-11-21-16-9-5-4-8-15(13)16)23-24-19(27)17-12-22-20(28)25(17)14-6-2-1-3-7-14/h1-9,11-12,21H,10H2,(H,22,28)(H,23,26)(H,24,27). The fraction of sp³-hybridized carbons (Fsp3) is 0.0500. The van der Waals surface area contributed by atoms with Gasteiger partial charge in [0.15, 0.2) is 4.77 Å². The van der Waals surface area contributed by atoms with Gasteiger partial charge >= 0.3 is 0 Å². The maximum atomic E-state index is 12.6. The number of aromatic nitrogens is 3. The van der Waals surface area contributed by atoms with Gasteiger partial charge in [-0.3, -0.25) is 25.0 Å². The van der Waals surface area contributed by atoms with Gasteiger partial charge < -0.3 is 9.97 Å². The molecule has 2 heterocycles. The molecule has 0 aliphatic heterocycles. The number of fused-ring (bicyclic) bond motifs is 1. The van der Waals surface area contributed by atoms with Gasteiger partial charge in [0.25, 0.3) is 5.91 Å². The average Bonchev–Trinajstić information content (AvgIpc) is 3.30. The molecule has 0 bridgehead atoms. The lowest BCUT2D eigenvalue weighted by Crippen LogP contribution is -2.43. The summed E-state index contributed by atoms with van der Waals surface area (Å²) >= 11 is 5.27. The molecule has 4 N–H and O–H groups in total. The maximum Gasteiger partial charge on any atom is 0.288 e. The minimum atomic E-state index is -0.469. The number of imidazole rings is 1. The van der Waals surface area contributed by atoms with E-state index < -0.39 is 5.91 Å². The van der Waals surface area contributed by atoms with Crippen molar-refractivity contribution in [2.24, 2.45) is 0 Å². The van der Waals surface area contributed by atoms with E-state index in [1.807, 2.05) is 54.6 Å². The minimum absolute atomic E-state index is 0.141. The Morgan fingerprint density at radius 2 is 1.68 bits per heavy atom. The summed E-state index contributed by atoms with van der Waals surface area (Å²) < 4.78 is 2.00. The third-order valence-electron chi connectivity index (χ3n) is 4.36. The van der Waals surface area contributed by atoms with Gasteiger partial charge in [0, 0.05) is 29.0 Å². The van der Waals surface area contributed by atoms with E-state index in [4.69, 9.17) is 12.2 Å². The van der Waals surface area contributed by atoms with Crippen molar-refractivity contribution >= 4 is 34.9 Å². The number of para-hydroxylation sites is 2. The van der Waals surface area contributed by atoms with E-state index in [9.17, 15) is 9.59 Å². The molecule has 7 nitrogen and oxygen atoms in total. The topological polar surface area (TPSA) is 94.7 Å². The molecule has 4 rings (SSSR count). The lowest BCUT2D eigenvalue weighted by molar-refractivity contribution is -0.121. The van der Waals surface area contributed by atoms with Crippen molar-refractivity contribution in [1.82, 2.24) is 25.4 Å². The number of hydrogen-bond acceptors (Lipinski definition) is 3. The number of benzene rings is 2. The van der Waals surface area contributed by atoms with Crippen LogP contribution in [0.25, 0.3) is 16.6 Å². The molecular weight excluding hydrogens is 374 g/mol. The summed E-state index contributed by atoms with van der Waals surface area (Å²) in [4.78, 5) is 30.8. The van der Waals surface area contributed by atoms with Gasteiger partial charge in [-0.1, -0.05) is 36.4 Å². The van der Waals surface area contributed by atoms with Crippen LogP contribution in [0.5, 0.6) is 0 Å². The third kappa shape index (κ3) is 3.45. The normalized spacial score (nSPS) is 10.7. The molecule has 0 aliphatic carbocycles. The summed E-state index contributed by atoms with van der Waals surface area (Å²) in [6.45, 7) is 0. The van der Waals surface area contributed by atoms with Gasteiger partial charge in [-0.15, -0.1) is 0 Å². The molecule has 0 saturated heterocycles. The number of hydrogen-bond donors (Lipinski definition) is 4. The molecule has 0 fully saturated rings. The average molecular weight is 391 g/mol. The summed E-state index contributed by atoms with van der Waals surface area (Å²) in [7, 11) is 0. The van der Waals surface area contributed by atoms with Crippen LogP contribution in [0.3, 0.4) is 0 Å². The molecule has 0 atom stereocenters. The zero-order chi connectivity index (χ0) is 19.5. The molecule has 28 heavy (non-hydrogen) atoms. The number of nitrogens with one attached hydrogen (secondary N) is 4. The minimum Gasteiger partial charge on any atom is -0.361 e. The second-order valence-electron chi connectivity index (χ2n) is 6.19. The van der Waals surface area contributed by atoms with Crippen molar-refractivity contribution < 1.29 is 9.59 Å². The van der Waals surface area contributed by atoms with Crippen LogP contribution in [0.2, 0.25) is 0 Å². The Hall–Kier alpha value is -3.65. The second-order valence-corrected chi connectivity index (χ2v) is 6.58. The SMILES string of the molecule is O=C(Cc1c[nH]c2ccccc12)NNC(=O)c1c[nH]c(=S)n1-c1ccccc1. The predicted molar refractivity (Wildman–Crippen MR) is 109 cm³/mol. The van der Waals surface area contributed by atoms with Gasteiger partial charge in [0.2, 0.25) is 5.91 Å². The Morgan fingerprint density at radius 3 is 2.50 bits per heavy atom. The van der Waals surface area contributed by atoms with Gasteiger partial charge in [-0.05, 0) is 36.0 Å². The van der Waals surface area contributed by atoms with Gasteiger partial charge in [0.1, 0.15) is 5.69 Å². The summed E-state index contributed by atoms with van der Waals surface area (Å²) in [6.07, 6.45) is 3.45. The molecule has 2 amide bonds. The highest BCUT2D eigenvalue weighted by Crippen LogP contribution is 2.18. The summed E-state index contributed by atoms with van der Waals surface area (Å²) in [6, 6.07) is 17.0. The van der Waals surface area contributed by atoms with Crippen LogP contribution >= 0.6 is 12.2 Å². The molecular formula is C20H17N5O2S. The number of rotatable bonds is 4. The number of carbonyl (C=O) groups is 2. The lowest BCUT2D eigenvalue weighted by atomic mass is 10.1. The summed E-state index contributed by atoms with van der Waals surface area (Å²) in [5, 5.41) is 0.979. The molecule has 2 aromatic heterocycles. The quantitative estimate of drug-likeness (QED) is 0.318. The number of hydrazine groups is 1. The highest BCUT2D eigenvalue weighted by atomic mass is 32.1. The number of aromatic amines is 2. The summed E-state index contributed by atoms with van der Waals surface area (Å²) in [5.74, 6) is -0.790. The number of H-pyrrole nitrogens is 2. The second kappa shape index (κ2) is 7.53. The van der Waals surface area contributed by atoms with Crippen LogP contribution in [-0.2, 0) is 11.2 Å². The Kier molecular flexibility index (Phi) is 4.77. The fourth-order valence-corrected chi connectivity index (χ4v) is 3.32. The predicted octanol–water partition coefficient (Wildman–Crippen LogP) is 3.02. The first-order chi connectivity index (χ1) is 13.6. The molecule has 2 aromatic carbocycles. The smallest absolute Gasteiger partial charge is 0.288 e. The van der Waals surface area contributed by atoms with Crippen molar-refractivity contribution in [2.75, 3.05) is 0 Å². The van der Waals surface area contributed by atoms with Crippen molar-refractivity contribution in [3.05, 3.63) is 83.0 Å². The Bertz CT molecular complexity index is 1210. The van der Waals surface area contributed by atoms with E-state index in [1.165, 1.54) is 6.20 Å². The molecule has 0 saturated carbocycles. The Labute approximate surface area is 165 Å². The fourth-order valence-electron chi connectivity index (χ4n) is 3.05. The lowest BCUT2D eigenvalue weighted by Gasteiger charge is -2.10. The maximum absolute atomic E-state index is 12.6. The monoisotopic (exact) mass is 391 g/mol. The largest absolute Gasteiger partial charge is 0.361 e. The van der Waals surface area contributed by atoms with Crippen LogP contribution in [0.1, 0.15) is 16.1 Å². The molecule has 0 spiro atoms. The van der Waals surface area contributed by atoms with Crippen molar-refractivity contribution in [1.29, 1.82) is 0 Å². The zero-order valence-electron chi connectivity index (χ0n) is 14.7. The van der Waals surface area contributed by atoms with Crippen LogP contribution in [0.15, 0.2) is 67.0 Å². The van der Waals surface area contributed by atoms with Crippen LogP contribution in [-0.4, -0.2) is 26.3 Å². The van der Waals surface area contributed by atoms with Crippen molar-refractivity contribution in [2.45, 2.75) is 6.42 Å².